The van der Waals surface area contributed by atoms with Crippen molar-refractivity contribution in [1.29, 1.82) is 0 Å². The Morgan fingerprint density at radius 1 is 1.42 bits per heavy atom. The maximum Gasteiger partial charge on any atom is 0.146 e. The zero-order valence-electron chi connectivity index (χ0n) is 12.4. The van der Waals surface area contributed by atoms with Crippen LogP contribution in [0.4, 0.5) is 10.1 Å². The smallest absolute Gasteiger partial charge is 0.146 e. The number of hydrogen-bond acceptors (Lipinski definition) is 2. The highest BCUT2D eigenvalue weighted by molar-refractivity contribution is 5.55. The van der Waals surface area contributed by atoms with Crippen LogP contribution in [0, 0.1) is 18.7 Å². The number of hydrogen-bond donors (Lipinski definition) is 1. The summed E-state index contributed by atoms with van der Waals surface area (Å²) in [6.07, 6.45) is 1.03. The Morgan fingerprint density at radius 2 is 2.16 bits per heavy atom. The van der Waals surface area contributed by atoms with E-state index >= 15 is 0 Å². The second-order valence-corrected chi connectivity index (χ2v) is 5.88. The Bertz CT molecular complexity index is 411. The van der Waals surface area contributed by atoms with Gasteiger partial charge in [-0.05, 0) is 30.9 Å². The number of halogens is 1. The van der Waals surface area contributed by atoms with Crippen LogP contribution in [-0.2, 0) is 0 Å². The molecule has 3 heteroatoms. The van der Waals surface area contributed by atoms with Crippen LogP contribution < -0.4 is 10.2 Å². The van der Waals surface area contributed by atoms with E-state index in [9.17, 15) is 4.39 Å². The lowest BCUT2D eigenvalue weighted by Crippen LogP contribution is -2.58. The Balaban J connectivity index is 2.32. The van der Waals surface area contributed by atoms with Crippen molar-refractivity contribution in [2.75, 3.05) is 18.0 Å². The highest BCUT2D eigenvalue weighted by atomic mass is 19.1. The van der Waals surface area contributed by atoms with E-state index in [1.54, 1.807) is 12.1 Å². The van der Waals surface area contributed by atoms with Crippen LogP contribution in [0.15, 0.2) is 18.2 Å². The third kappa shape index (κ3) is 2.92. The molecule has 19 heavy (non-hydrogen) atoms. The molecule has 0 bridgehead atoms. The van der Waals surface area contributed by atoms with Crippen LogP contribution in [-0.4, -0.2) is 25.2 Å². The summed E-state index contributed by atoms with van der Waals surface area (Å²) in [7, 11) is 0. The van der Waals surface area contributed by atoms with Gasteiger partial charge in [0.1, 0.15) is 5.82 Å². The number of benzene rings is 1. The van der Waals surface area contributed by atoms with Gasteiger partial charge in [-0.3, -0.25) is 0 Å². The standard InChI is InChI=1S/C16H25FN2/c1-5-13-9-18-15(11(2)3)10-19(13)16-12(4)7-6-8-14(16)17/h6-8,11,13,15,18H,5,9-10H2,1-4H3. The molecule has 2 unspecified atom stereocenters. The van der Waals surface area contributed by atoms with Gasteiger partial charge < -0.3 is 10.2 Å². The number of nitrogens with zero attached hydrogens (tertiary/aromatic N) is 1. The molecule has 2 atom stereocenters. The number of aryl methyl sites for hydroxylation is 1. The summed E-state index contributed by atoms with van der Waals surface area (Å²) in [6, 6.07) is 6.17. The molecule has 1 aromatic rings. The first-order valence-electron chi connectivity index (χ1n) is 7.29. The average molecular weight is 264 g/mol. The molecule has 0 amide bonds. The monoisotopic (exact) mass is 264 g/mol. The number of para-hydroxylation sites is 1. The van der Waals surface area contributed by atoms with Crippen LogP contribution in [0.1, 0.15) is 32.8 Å². The van der Waals surface area contributed by atoms with E-state index < -0.39 is 0 Å². The summed E-state index contributed by atoms with van der Waals surface area (Å²) >= 11 is 0. The van der Waals surface area contributed by atoms with E-state index in [0.29, 0.717) is 18.0 Å². The van der Waals surface area contributed by atoms with Crippen LogP contribution in [0.2, 0.25) is 0 Å². The van der Waals surface area contributed by atoms with Crippen molar-refractivity contribution in [1.82, 2.24) is 5.32 Å². The molecule has 1 N–H and O–H groups in total. The van der Waals surface area contributed by atoms with Crippen molar-refractivity contribution in [2.24, 2.45) is 5.92 Å². The minimum atomic E-state index is -0.0946. The SMILES string of the molecule is CCC1CNC(C(C)C)CN1c1c(C)cccc1F. The van der Waals surface area contributed by atoms with Crippen molar-refractivity contribution in [2.45, 2.75) is 46.2 Å². The molecule has 1 aliphatic heterocycles. The maximum atomic E-state index is 14.2. The fourth-order valence-electron chi connectivity index (χ4n) is 2.90. The molecular weight excluding hydrogens is 239 g/mol. The fourth-order valence-corrected chi connectivity index (χ4v) is 2.90. The summed E-state index contributed by atoms with van der Waals surface area (Å²) < 4.78 is 14.2. The van der Waals surface area contributed by atoms with Gasteiger partial charge in [-0.15, -0.1) is 0 Å². The van der Waals surface area contributed by atoms with E-state index in [4.69, 9.17) is 0 Å². The molecule has 2 rings (SSSR count). The third-order valence-corrected chi connectivity index (χ3v) is 4.20. The van der Waals surface area contributed by atoms with Crippen molar-refractivity contribution >= 4 is 5.69 Å². The average Bonchev–Trinajstić information content (AvgIpc) is 2.38. The number of nitrogens with one attached hydrogen (secondary N) is 1. The van der Waals surface area contributed by atoms with E-state index in [0.717, 1.165) is 30.8 Å². The maximum absolute atomic E-state index is 14.2. The van der Waals surface area contributed by atoms with Gasteiger partial charge in [0.25, 0.3) is 0 Å². The normalized spacial score (nSPS) is 24.0. The van der Waals surface area contributed by atoms with Crippen LogP contribution in [0.5, 0.6) is 0 Å². The zero-order chi connectivity index (χ0) is 14.0. The molecule has 1 aromatic carbocycles. The van der Waals surface area contributed by atoms with E-state index in [1.807, 2.05) is 13.0 Å². The number of anilines is 1. The molecule has 1 aliphatic rings. The quantitative estimate of drug-likeness (QED) is 0.900. The minimum Gasteiger partial charge on any atom is -0.363 e. The lowest BCUT2D eigenvalue weighted by Gasteiger charge is -2.43. The van der Waals surface area contributed by atoms with Crippen LogP contribution in [0.25, 0.3) is 0 Å². The molecule has 106 valence electrons. The highest BCUT2D eigenvalue weighted by Crippen LogP contribution is 2.29. The molecule has 1 saturated heterocycles. The van der Waals surface area contributed by atoms with Crippen molar-refractivity contribution in [3.8, 4) is 0 Å². The Kier molecular flexibility index (Phi) is 4.46. The summed E-state index contributed by atoms with van der Waals surface area (Å²) in [5.74, 6) is 0.468. The molecule has 1 heterocycles. The minimum absolute atomic E-state index is 0.0946. The van der Waals surface area contributed by atoms with Crippen molar-refractivity contribution in [3.05, 3.63) is 29.6 Å². The summed E-state index contributed by atoms with van der Waals surface area (Å²) in [5.41, 5.74) is 1.82. The number of piperazine rings is 1. The first-order valence-corrected chi connectivity index (χ1v) is 7.29. The Hall–Kier alpha value is -1.09. The summed E-state index contributed by atoms with van der Waals surface area (Å²) in [4.78, 5) is 2.27. The van der Waals surface area contributed by atoms with E-state index in [2.05, 4.69) is 31.0 Å². The third-order valence-electron chi connectivity index (χ3n) is 4.20. The second kappa shape index (κ2) is 5.91. The number of rotatable bonds is 3. The largest absolute Gasteiger partial charge is 0.363 e. The molecular formula is C16H25FN2. The predicted molar refractivity (Wildman–Crippen MR) is 79.2 cm³/mol. The fraction of sp³-hybridized carbons (Fsp3) is 0.625. The summed E-state index contributed by atoms with van der Waals surface area (Å²) in [5, 5.41) is 3.59. The molecule has 1 fully saturated rings. The lowest BCUT2D eigenvalue weighted by molar-refractivity contribution is 0.323. The topological polar surface area (TPSA) is 15.3 Å². The molecule has 2 nitrogen and oxygen atoms in total. The first-order chi connectivity index (χ1) is 9.04. The first kappa shape index (κ1) is 14.3. The molecule has 0 saturated carbocycles. The Morgan fingerprint density at radius 3 is 2.74 bits per heavy atom. The zero-order valence-corrected chi connectivity index (χ0v) is 12.4. The van der Waals surface area contributed by atoms with Crippen molar-refractivity contribution < 1.29 is 4.39 Å². The van der Waals surface area contributed by atoms with Crippen LogP contribution >= 0.6 is 0 Å². The predicted octanol–water partition coefficient (Wildman–Crippen LogP) is 3.35. The molecule has 0 radical (unpaired) electrons. The van der Waals surface area contributed by atoms with Gasteiger partial charge in [-0.25, -0.2) is 4.39 Å². The van der Waals surface area contributed by atoms with Gasteiger partial charge in [0.2, 0.25) is 0 Å². The van der Waals surface area contributed by atoms with E-state index in [-0.39, 0.29) is 5.82 Å². The summed E-state index contributed by atoms with van der Waals surface area (Å²) in [6.45, 7) is 10.4. The van der Waals surface area contributed by atoms with Gasteiger partial charge in [0.05, 0.1) is 5.69 Å². The van der Waals surface area contributed by atoms with Gasteiger partial charge >= 0.3 is 0 Å². The Labute approximate surface area is 116 Å². The van der Waals surface area contributed by atoms with Gasteiger partial charge in [0.15, 0.2) is 0 Å². The van der Waals surface area contributed by atoms with Gasteiger partial charge in [0, 0.05) is 25.2 Å². The van der Waals surface area contributed by atoms with Crippen molar-refractivity contribution in [3.63, 3.8) is 0 Å². The van der Waals surface area contributed by atoms with Gasteiger partial charge in [-0.1, -0.05) is 32.9 Å². The molecule has 0 aromatic heterocycles. The van der Waals surface area contributed by atoms with Gasteiger partial charge in [-0.2, -0.15) is 0 Å². The molecule has 0 aliphatic carbocycles. The van der Waals surface area contributed by atoms with E-state index in [1.165, 1.54) is 0 Å². The second-order valence-electron chi connectivity index (χ2n) is 5.88. The lowest BCUT2D eigenvalue weighted by atomic mass is 9.97. The molecule has 0 spiro atoms. The highest BCUT2D eigenvalue weighted by Gasteiger charge is 2.30. The van der Waals surface area contributed by atoms with Crippen LogP contribution in [0.3, 0.4) is 0 Å².